The van der Waals surface area contributed by atoms with E-state index < -0.39 is 0 Å². The Morgan fingerprint density at radius 3 is 2.52 bits per heavy atom. The summed E-state index contributed by atoms with van der Waals surface area (Å²) in [5.74, 6) is 0.865. The fourth-order valence-corrected chi connectivity index (χ4v) is 3.20. The number of thiazole rings is 1. The van der Waals surface area contributed by atoms with Crippen molar-refractivity contribution in [3.8, 4) is 16.9 Å². The summed E-state index contributed by atoms with van der Waals surface area (Å²) in [7, 11) is 0. The van der Waals surface area contributed by atoms with E-state index in [4.69, 9.17) is 4.74 Å². The van der Waals surface area contributed by atoms with Crippen LogP contribution in [-0.2, 0) is 6.61 Å². The first kappa shape index (κ1) is 14.0. The maximum Gasteiger partial charge on any atom is 0.140 e. The molecule has 4 aromatic rings. The lowest BCUT2D eigenvalue weighted by Crippen LogP contribution is -1.94. The monoisotopic (exact) mass is 317 g/mol. The molecule has 0 radical (unpaired) electrons. The Morgan fingerprint density at radius 1 is 0.870 bits per heavy atom. The summed E-state index contributed by atoms with van der Waals surface area (Å²) in [6.45, 7) is 0.519. The maximum absolute atomic E-state index is 5.78. The van der Waals surface area contributed by atoms with Gasteiger partial charge in [-0.3, -0.25) is 0 Å². The molecule has 23 heavy (non-hydrogen) atoms. The van der Waals surface area contributed by atoms with Gasteiger partial charge >= 0.3 is 0 Å². The Kier molecular flexibility index (Phi) is 3.78. The molecule has 0 amide bonds. The van der Waals surface area contributed by atoms with Crippen LogP contribution in [0.1, 0.15) is 5.01 Å². The van der Waals surface area contributed by atoms with Crippen LogP contribution in [-0.4, -0.2) is 4.98 Å². The van der Waals surface area contributed by atoms with Crippen molar-refractivity contribution in [3.05, 3.63) is 83.3 Å². The second-order valence-corrected chi connectivity index (χ2v) is 6.24. The van der Waals surface area contributed by atoms with Gasteiger partial charge in [-0.15, -0.1) is 11.3 Å². The number of hydrogen-bond donors (Lipinski definition) is 0. The summed E-state index contributed by atoms with van der Waals surface area (Å²) < 4.78 is 5.78. The van der Waals surface area contributed by atoms with Crippen molar-refractivity contribution in [1.29, 1.82) is 0 Å². The van der Waals surface area contributed by atoms with E-state index in [1.807, 2.05) is 17.5 Å². The predicted octanol–water partition coefficient (Wildman–Crippen LogP) is 5.54. The quantitative estimate of drug-likeness (QED) is 0.493. The van der Waals surface area contributed by atoms with Crippen molar-refractivity contribution in [1.82, 2.24) is 4.98 Å². The van der Waals surface area contributed by atoms with Crippen molar-refractivity contribution in [2.45, 2.75) is 6.61 Å². The normalized spacial score (nSPS) is 10.8. The Hall–Kier alpha value is -2.65. The van der Waals surface area contributed by atoms with Gasteiger partial charge in [-0.25, -0.2) is 4.98 Å². The summed E-state index contributed by atoms with van der Waals surface area (Å²) in [5, 5.41) is 5.48. The third-order valence-electron chi connectivity index (χ3n) is 3.80. The van der Waals surface area contributed by atoms with Crippen LogP contribution in [0.2, 0.25) is 0 Å². The number of aromatic nitrogens is 1. The lowest BCUT2D eigenvalue weighted by molar-refractivity contribution is 0.305. The number of hydrogen-bond acceptors (Lipinski definition) is 3. The van der Waals surface area contributed by atoms with E-state index in [-0.39, 0.29) is 0 Å². The Morgan fingerprint density at radius 2 is 1.70 bits per heavy atom. The smallest absolute Gasteiger partial charge is 0.140 e. The first-order valence-corrected chi connectivity index (χ1v) is 8.37. The molecule has 2 nitrogen and oxygen atoms in total. The minimum Gasteiger partial charge on any atom is -0.486 e. The SMILES string of the molecule is c1ccc2c(-c3ccc(OCc4nccs4)cc3)cccc2c1. The molecule has 0 fully saturated rings. The van der Waals surface area contributed by atoms with Crippen LogP contribution < -0.4 is 4.74 Å². The van der Waals surface area contributed by atoms with Crippen LogP contribution in [0, 0.1) is 0 Å². The number of ether oxygens (including phenoxy) is 1. The van der Waals surface area contributed by atoms with Crippen LogP contribution in [0.15, 0.2) is 78.3 Å². The van der Waals surface area contributed by atoms with Crippen LogP contribution in [0.5, 0.6) is 5.75 Å². The summed E-state index contributed by atoms with van der Waals surface area (Å²) in [6.07, 6.45) is 1.80. The van der Waals surface area contributed by atoms with Gasteiger partial charge in [0.1, 0.15) is 17.4 Å². The Balaban J connectivity index is 1.60. The van der Waals surface area contributed by atoms with Crippen LogP contribution in [0.3, 0.4) is 0 Å². The molecule has 3 heteroatoms. The number of fused-ring (bicyclic) bond motifs is 1. The van der Waals surface area contributed by atoms with E-state index in [2.05, 4.69) is 59.6 Å². The van der Waals surface area contributed by atoms with E-state index in [1.54, 1.807) is 17.5 Å². The highest BCUT2D eigenvalue weighted by Crippen LogP contribution is 2.29. The molecule has 0 spiro atoms. The van der Waals surface area contributed by atoms with Gasteiger partial charge in [0.25, 0.3) is 0 Å². The third-order valence-corrected chi connectivity index (χ3v) is 4.55. The molecule has 0 aliphatic heterocycles. The van der Waals surface area contributed by atoms with Crippen molar-refractivity contribution < 1.29 is 4.74 Å². The first-order chi connectivity index (χ1) is 11.4. The van der Waals surface area contributed by atoms with Gasteiger partial charge in [0, 0.05) is 11.6 Å². The molecule has 1 heterocycles. The summed E-state index contributed by atoms with van der Waals surface area (Å²) in [4.78, 5) is 4.22. The molecule has 0 atom stereocenters. The number of benzene rings is 3. The lowest BCUT2D eigenvalue weighted by Gasteiger charge is -2.08. The van der Waals surface area contributed by atoms with E-state index >= 15 is 0 Å². The van der Waals surface area contributed by atoms with Gasteiger partial charge in [0.2, 0.25) is 0 Å². The van der Waals surface area contributed by atoms with Gasteiger partial charge < -0.3 is 4.74 Å². The molecule has 1 aromatic heterocycles. The summed E-state index contributed by atoms with van der Waals surface area (Å²) >= 11 is 1.61. The summed E-state index contributed by atoms with van der Waals surface area (Å²) in [6, 6.07) is 23.1. The highest BCUT2D eigenvalue weighted by molar-refractivity contribution is 7.09. The van der Waals surface area contributed by atoms with Crippen molar-refractivity contribution >= 4 is 22.1 Å². The van der Waals surface area contributed by atoms with E-state index in [1.165, 1.54) is 21.9 Å². The lowest BCUT2D eigenvalue weighted by atomic mass is 9.98. The molecule has 0 aliphatic rings. The highest BCUT2D eigenvalue weighted by atomic mass is 32.1. The zero-order chi connectivity index (χ0) is 15.5. The van der Waals surface area contributed by atoms with Crippen molar-refractivity contribution in [3.63, 3.8) is 0 Å². The molecule has 0 saturated carbocycles. The topological polar surface area (TPSA) is 22.1 Å². The van der Waals surface area contributed by atoms with E-state index in [0.29, 0.717) is 6.61 Å². The zero-order valence-corrected chi connectivity index (χ0v) is 13.3. The molecule has 4 rings (SSSR count). The molecule has 0 unspecified atom stereocenters. The number of nitrogens with zero attached hydrogens (tertiary/aromatic N) is 1. The highest BCUT2D eigenvalue weighted by Gasteiger charge is 2.04. The van der Waals surface area contributed by atoms with Gasteiger partial charge in [0.05, 0.1) is 0 Å². The minimum absolute atomic E-state index is 0.519. The Labute approximate surface area is 139 Å². The molecule has 3 aromatic carbocycles. The average Bonchev–Trinajstić information content (AvgIpc) is 3.14. The van der Waals surface area contributed by atoms with Crippen molar-refractivity contribution in [2.75, 3.05) is 0 Å². The fraction of sp³-hybridized carbons (Fsp3) is 0.0500. The van der Waals surface area contributed by atoms with E-state index in [9.17, 15) is 0 Å². The fourth-order valence-electron chi connectivity index (χ4n) is 2.68. The maximum atomic E-state index is 5.78. The van der Waals surface area contributed by atoms with Gasteiger partial charge in [-0.1, -0.05) is 54.6 Å². The molecule has 0 aliphatic carbocycles. The van der Waals surface area contributed by atoms with Crippen molar-refractivity contribution in [2.24, 2.45) is 0 Å². The molecule has 112 valence electrons. The third kappa shape index (κ3) is 2.96. The second-order valence-electron chi connectivity index (χ2n) is 5.27. The Bertz CT molecular complexity index is 909. The van der Waals surface area contributed by atoms with Crippen LogP contribution >= 0.6 is 11.3 Å². The second kappa shape index (κ2) is 6.23. The standard InChI is InChI=1S/C20H15NOS/c1-2-6-18-15(4-1)5-3-7-19(18)16-8-10-17(11-9-16)22-14-20-21-12-13-23-20/h1-13H,14H2. The molecule has 0 N–H and O–H groups in total. The molecule has 0 saturated heterocycles. The average molecular weight is 317 g/mol. The molecular formula is C20H15NOS. The van der Waals surface area contributed by atoms with Crippen LogP contribution in [0.25, 0.3) is 21.9 Å². The van der Waals surface area contributed by atoms with E-state index in [0.717, 1.165) is 10.8 Å². The van der Waals surface area contributed by atoms with Gasteiger partial charge in [-0.2, -0.15) is 0 Å². The first-order valence-electron chi connectivity index (χ1n) is 7.49. The predicted molar refractivity (Wildman–Crippen MR) is 95.8 cm³/mol. The largest absolute Gasteiger partial charge is 0.486 e. The van der Waals surface area contributed by atoms with Crippen LogP contribution in [0.4, 0.5) is 0 Å². The zero-order valence-electron chi connectivity index (χ0n) is 12.5. The minimum atomic E-state index is 0.519. The molecular weight excluding hydrogens is 302 g/mol. The van der Waals surface area contributed by atoms with Gasteiger partial charge in [-0.05, 0) is 34.0 Å². The molecule has 0 bridgehead atoms. The number of rotatable bonds is 4. The van der Waals surface area contributed by atoms with Gasteiger partial charge in [0.15, 0.2) is 0 Å². The summed E-state index contributed by atoms with van der Waals surface area (Å²) in [5.41, 5.74) is 2.44.